The van der Waals surface area contributed by atoms with E-state index in [2.05, 4.69) is 10.3 Å². The molecule has 1 aromatic carbocycles. The van der Waals surface area contributed by atoms with Gasteiger partial charge in [0.2, 0.25) is 6.79 Å². The van der Waals surface area contributed by atoms with Gasteiger partial charge in [-0.05, 0) is 29.8 Å². The van der Waals surface area contributed by atoms with Crippen LogP contribution in [0.3, 0.4) is 0 Å². The molecule has 5 nitrogen and oxygen atoms in total. The van der Waals surface area contributed by atoms with Crippen molar-refractivity contribution in [1.29, 1.82) is 5.26 Å². The fourth-order valence-electron chi connectivity index (χ4n) is 1.84. The van der Waals surface area contributed by atoms with Crippen LogP contribution in [0.5, 0.6) is 11.5 Å². The summed E-state index contributed by atoms with van der Waals surface area (Å²) in [5, 5.41) is 12.0. The van der Waals surface area contributed by atoms with Crippen molar-refractivity contribution in [3.63, 3.8) is 0 Å². The van der Waals surface area contributed by atoms with E-state index in [-0.39, 0.29) is 6.79 Å². The van der Waals surface area contributed by atoms with E-state index >= 15 is 0 Å². The van der Waals surface area contributed by atoms with Gasteiger partial charge in [-0.3, -0.25) is 0 Å². The summed E-state index contributed by atoms with van der Waals surface area (Å²) in [4.78, 5) is 4.15. The van der Waals surface area contributed by atoms with E-state index in [9.17, 15) is 0 Å². The lowest BCUT2D eigenvalue weighted by atomic mass is 10.2. The number of nitriles is 1. The first-order valence-corrected chi connectivity index (χ1v) is 5.85. The van der Waals surface area contributed by atoms with Crippen molar-refractivity contribution < 1.29 is 9.47 Å². The summed E-state index contributed by atoms with van der Waals surface area (Å²) < 4.78 is 10.6. The van der Waals surface area contributed by atoms with Gasteiger partial charge < -0.3 is 14.8 Å². The highest BCUT2D eigenvalue weighted by Crippen LogP contribution is 2.32. The van der Waals surface area contributed by atoms with Crippen LogP contribution < -0.4 is 14.8 Å². The molecule has 0 radical (unpaired) electrons. The highest BCUT2D eigenvalue weighted by molar-refractivity contribution is 5.46. The second kappa shape index (κ2) is 4.86. The Morgan fingerprint density at radius 1 is 1.21 bits per heavy atom. The van der Waals surface area contributed by atoms with Crippen LogP contribution in [-0.4, -0.2) is 11.8 Å². The summed E-state index contributed by atoms with van der Waals surface area (Å²) in [6.07, 6.45) is 0. The van der Waals surface area contributed by atoms with Gasteiger partial charge in [-0.15, -0.1) is 0 Å². The van der Waals surface area contributed by atoms with Crippen molar-refractivity contribution in [2.75, 3.05) is 12.1 Å². The van der Waals surface area contributed by atoms with E-state index in [1.165, 1.54) is 0 Å². The molecule has 5 heteroatoms. The summed E-state index contributed by atoms with van der Waals surface area (Å²) in [7, 11) is 0. The minimum absolute atomic E-state index is 0.276. The van der Waals surface area contributed by atoms with E-state index in [0.717, 1.165) is 17.1 Å². The monoisotopic (exact) mass is 253 g/mol. The van der Waals surface area contributed by atoms with Gasteiger partial charge in [0, 0.05) is 6.54 Å². The SMILES string of the molecule is N#Cc1cccc(NCc2ccc3c(c2)OCO3)n1. The minimum atomic E-state index is 0.276. The topological polar surface area (TPSA) is 67.2 Å². The molecule has 0 fully saturated rings. The molecule has 1 N–H and O–H groups in total. The van der Waals surface area contributed by atoms with Crippen molar-refractivity contribution in [2.24, 2.45) is 0 Å². The summed E-state index contributed by atoms with van der Waals surface area (Å²) in [6, 6.07) is 13.1. The molecule has 1 aliphatic rings. The Hall–Kier alpha value is -2.74. The van der Waals surface area contributed by atoms with Crippen LogP contribution >= 0.6 is 0 Å². The molecule has 0 bridgehead atoms. The molecule has 0 amide bonds. The quantitative estimate of drug-likeness (QED) is 0.909. The van der Waals surface area contributed by atoms with E-state index in [1.54, 1.807) is 12.1 Å². The smallest absolute Gasteiger partial charge is 0.231 e. The molecule has 0 unspecified atom stereocenters. The Kier molecular flexibility index (Phi) is 2.91. The summed E-state index contributed by atoms with van der Waals surface area (Å²) in [5.74, 6) is 2.21. The van der Waals surface area contributed by atoms with Crippen LogP contribution in [0.25, 0.3) is 0 Å². The average Bonchev–Trinajstić information content (AvgIpc) is 2.93. The number of pyridine rings is 1. The van der Waals surface area contributed by atoms with Crippen LogP contribution in [0.1, 0.15) is 11.3 Å². The van der Waals surface area contributed by atoms with Crippen molar-refractivity contribution in [3.05, 3.63) is 47.7 Å². The lowest BCUT2D eigenvalue weighted by Crippen LogP contribution is -2.01. The predicted molar refractivity (Wildman–Crippen MR) is 68.8 cm³/mol. The predicted octanol–water partition coefficient (Wildman–Crippen LogP) is 2.29. The van der Waals surface area contributed by atoms with Crippen molar-refractivity contribution in [2.45, 2.75) is 6.54 Å². The number of nitrogens with one attached hydrogen (secondary N) is 1. The van der Waals surface area contributed by atoms with E-state index in [1.807, 2.05) is 30.3 Å². The molecule has 3 rings (SSSR count). The molecule has 0 aliphatic carbocycles. The van der Waals surface area contributed by atoms with Crippen molar-refractivity contribution in [3.8, 4) is 17.6 Å². The normalized spacial score (nSPS) is 11.9. The minimum Gasteiger partial charge on any atom is -0.454 e. The van der Waals surface area contributed by atoms with Gasteiger partial charge in [0.25, 0.3) is 0 Å². The number of hydrogen-bond acceptors (Lipinski definition) is 5. The first kappa shape index (κ1) is 11.4. The molecule has 0 saturated heterocycles. The number of aromatic nitrogens is 1. The zero-order valence-corrected chi connectivity index (χ0v) is 10.1. The van der Waals surface area contributed by atoms with Gasteiger partial charge in [0.15, 0.2) is 11.5 Å². The van der Waals surface area contributed by atoms with Gasteiger partial charge >= 0.3 is 0 Å². The van der Waals surface area contributed by atoms with Gasteiger partial charge in [-0.2, -0.15) is 5.26 Å². The third kappa shape index (κ3) is 2.43. The molecular formula is C14H11N3O2. The van der Waals surface area contributed by atoms with Gasteiger partial charge in [-0.25, -0.2) is 4.98 Å². The third-order valence-corrected chi connectivity index (χ3v) is 2.77. The van der Waals surface area contributed by atoms with Crippen LogP contribution in [0.4, 0.5) is 5.82 Å². The van der Waals surface area contributed by atoms with Crippen molar-refractivity contribution >= 4 is 5.82 Å². The second-order valence-electron chi connectivity index (χ2n) is 4.06. The number of fused-ring (bicyclic) bond motifs is 1. The van der Waals surface area contributed by atoms with E-state index < -0.39 is 0 Å². The molecule has 1 aromatic heterocycles. The Balaban J connectivity index is 1.70. The molecule has 0 spiro atoms. The molecule has 1 aliphatic heterocycles. The Bertz CT molecular complexity index is 649. The maximum Gasteiger partial charge on any atom is 0.231 e. The largest absolute Gasteiger partial charge is 0.454 e. The van der Waals surface area contributed by atoms with Gasteiger partial charge in [0.1, 0.15) is 17.6 Å². The Labute approximate surface area is 110 Å². The van der Waals surface area contributed by atoms with Gasteiger partial charge in [-0.1, -0.05) is 12.1 Å². The first-order valence-electron chi connectivity index (χ1n) is 5.85. The molecule has 0 saturated carbocycles. The van der Waals surface area contributed by atoms with Crippen LogP contribution in [0.2, 0.25) is 0 Å². The zero-order chi connectivity index (χ0) is 13.1. The number of nitrogens with zero attached hydrogens (tertiary/aromatic N) is 2. The van der Waals surface area contributed by atoms with Gasteiger partial charge in [0.05, 0.1) is 0 Å². The van der Waals surface area contributed by atoms with E-state index in [0.29, 0.717) is 18.1 Å². The molecular weight excluding hydrogens is 242 g/mol. The first-order chi connectivity index (χ1) is 9.35. The maximum absolute atomic E-state index is 8.78. The molecule has 94 valence electrons. The molecule has 19 heavy (non-hydrogen) atoms. The third-order valence-electron chi connectivity index (χ3n) is 2.77. The number of hydrogen-bond donors (Lipinski definition) is 1. The molecule has 2 heterocycles. The fourth-order valence-corrected chi connectivity index (χ4v) is 1.84. The Morgan fingerprint density at radius 2 is 2.11 bits per heavy atom. The Morgan fingerprint density at radius 3 is 3.00 bits per heavy atom. The highest BCUT2D eigenvalue weighted by atomic mass is 16.7. The lowest BCUT2D eigenvalue weighted by molar-refractivity contribution is 0.174. The van der Waals surface area contributed by atoms with Crippen LogP contribution in [-0.2, 0) is 6.54 Å². The summed E-state index contributed by atoms with van der Waals surface area (Å²) in [6.45, 7) is 0.885. The summed E-state index contributed by atoms with van der Waals surface area (Å²) >= 11 is 0. The lowest BCUT2D eigenvalue weighted by Gasteiger charge is -2.06. The zero-order valence-electron chi connectivity index (χ0n) is 10.1. The molecule has 0 atom stereocenters. The van der Waals surface area contributed by atoms with Crippen molar-refractivity contribution in [1.82, 2.24) is 4.98 Å². The van der Waals surface area contributed by atoms with E-state index in [4.69, 9.17) is 14.7 Å². The number of rotatable bonds is 3. The number of anilines is 1. The standard InChI is InChI=1S/C14H11N3O2/c15-7-11-2-1-3-14(17-11)16-8-10-4-5-12-13(6-10)19-9-18-12/h1-6H,8-9H2,(H,16,17). The maximum atomic E-state index is 8.78. The second-order valence-corrected chi connectivity index (χ2v) is 4.06. The number of benzene rings is 1. The highest BCUT2D eigenvalue weighted by Gasteiger charge is 2.12. The average molecular weight is 253 g/mol. The molecule has 2 aromatic rings. The summed E-state index contributed by atoms with van der Waals surface area (Å²) in [5.41, 5.74) is 1.46. The van der Waals surface area contributed by atoms with Crippen LogP contribution in [0.15, 0.2) is 36.4 Å². The van der Waals surface area contributed by atoms with Crippen LogP contribution in [0, 0.1) is 11.3 Å². The fraction of sp³-hybridized carbons (Fsp3) is 0.143. The number of ether oxygens (including phenoxy) is 2.